The van der Waals surface area contributed by atoms with Gasteiger partial charge in [-0.15, -0.1) is 10.2 Å². The first-order valence-electron chi connectivity index (χ1n) is 12.1. The normalized spacial score (nSPS) is 17.9. The molecule has 0 spiro atoms. The molecule has 3 heterocycles. The van der Waals surface area contributed by atoms with E-state index in [1.807, 2.05) is 32.0 Å². The van der Waals surface area contributed by atoms with Crippen LogP contribution in [0.5, 0.6) is 0 Å². The number of carbonyl (C=O) groups excluding carboxylic acids is 1. The number of aromatic nitrogens is 5. The number of nitrogens with one attached hydrogen (secondary N) is 1. The summed E-state index contributed by atoms with van der Waals surface area (Å²) < 4.78 is 32.0. The van der Waals surface area contributed by atoms with E-state index < -0.39 is 17.9 Å². The summed E-state index contributed by atoms with van der Waals surface area (Å²) in [5.74, 6) is -2.79. The van der Waals surface area contributed by atoms with Crippen LogP contribution in [0.25, 0.3) is 17.0 Å². The number of nitrogens with two attached hydrogens (primary N) is 1. The van der Waals surface area contributed by atoms with Gasteiger partial charge in [0.1, 0.15) is 0 Å². The first-order valence-corrected chi connectivity index (χ1v) is 12.1. The molecule has 0 radical (unpaired) electrons. The van der Waals surface area contributed by atoms with Crippen LogP contribution in [0.3, 0.4) is 0 Å². The van der Waals surface area contributed by atoms with Gasteiger partial charge in [0.15, 0.2) is 0 Å². The van der Waals surface area contributed by atoms with Gasteiger partial charge in [-0.05, 0) is 48.4 Å². The molecule has 3 aromatic rings. The Labute approximate surface area is 212 Å². The lowest BCUT2D eigenvalue weighted by Crippen LogP contribution is -2.38. The van der Waals surface area contributed by atoms with Crippen molar-refractivity contribution in [3.63, 3.8) is 0 Å². The third-order valence-corrected chi connectivity index (χ3v) is 6.69. The van der Waals surface area contributed by atoms with Crippen LogP contribution in [0.15, 0.2) is 36.7 Å². The van der Waals surface area contributed by atoms with E-state index in [2.05, 4.69) is 30.6 Å². The van der Waals surface area contributed by atoms with E-state index in [9.17, 15) is 13.6 Å². The minimum atomic E-state index is -2.68. The minimum absolute atomic E-state index is 0.228. The van der Waals surface area contributed by atoms with Crippen LogP contribution in [-0.2, 0) is 9.53 Å². The molecule has 37 heavy (non-hydrogen) atoms. The number of anilines is 2. The predicted molar refractivity (Wildman–Crippen MR) is 134 cm³/mol. The largest absolute Gasteiger partial charge is 0.404 e. The molecule has 12 heteroatoms. The monoisotopic (exact) mass is 510 g/mol. The van der Waals surface area contributed by atoms with Gasteiger partial charge in [0.25, 0.3) is 11.8 Å². The maximum atomic E-state index is 13.3. The molecule has 1 saturated carbocycles. The SMILES string of the molecule is Cc1cc(C)c(-c2nnn(C3CC(F)(F)C3)n2)cc1NC(=O)/C(=C/N)c1cc(N2CCOCC2)ccn1. The fraction of sp³-hybridized carbons (Fsp3) is 0.400. The van der Waals surface area contributed by atoms with Crippen molar-refractivity contribution in [3.05, 3.63) is 53.5 Å². The van der Waals surface area contributed by atoms with Crippen molar-refractivity contribution in [1.82, 2.24) is 25.2 Å². The average Bonchev–Trinajstić information content (AvgIpc) is 3.35. The van der Waals surface area contributed by atoms with Crippen molar-refractivity contribution in [1.29, 1.82) is 0 Å². The van der Waals surface area contributed by atoms with Gasteiger partial charge in [-0.3, -0.25) is 9.78 Å². The quantitative estimate of drug-likeness (QED) is 0.485. The van der Waals surface area contributed by atoms with E-state index in [1.165, 1.54) is 11.0 Å². The first kappa shape index (κ1) is 24.8. The smallest absolute Gasteiger partial charge is 0.259 e. The number of aryl methyl sites for hydroxylation is 2. The fourth-order valence-electron chi connectivity index (χ4n) is 4.56. The maximum absolute atomic E-state index is 13.3. The third-order valence-electron chi connectivity index (χ3n) is 6.69. The van der Waals surface area contributed by atoms with Crippen molar-refractivity contribution in [2.45, 2.75) is 38.7 Å². The van der Waals surface area contributed by atoms with Crippen LogP contribution in [0, 0.1) is 13.8 Å². The molecule has 5 rings (SSSR count). The number of pyridine rings is 1. The molecule has 0 bridgehead atoms. The highest BCUT2D eigenvalue weighted by molar-refractivity contribution is 6.25. The molecule has 3 N–H and O–H groups in total. The number of alkyl halides is 2. The number of nitrogens with zero attached hydrogens (tertiary/aromatic N) is 6. The minimum Gasteiger partial charge on any atom is -0.404 e. The highest BCUT2D eigenvalue weighted by atomic mass is 19.3. The number of morpholine rings is 1. The molecule has 194 valence electrons. The molecule has 10 nitrogen and oxygen atoms in total. The number of amides is 1. The number of rotatable bonds is 6. The van der Waals surface area contributed by atoms with Gasteiger partial charge in [-0.25, -0.2) is 8.78 Å². The second kappa shape index (κ2) is 9.85. The van der Waals surface area contributed by atoms with Gasteiger partial charge in [0, 0.05) is 55.3 Å². The van der Waals surface area contributed by atoms with Gasteiger partial charge >= 0.3 is 0 Å². The molecular weight excluding hydrogens is 482 g/mol. The lowest BCUT2D eigenvalue weighted by Gasteiger charge is -2.33. The van der Waals surface area contributed by atoms with Crippen LogP contribution in [0.2, 0.25) is 0 Å². The standard InChI is InChI=1S/C25H28F2N8O2/c1-15-9-16(2)21(11-19(15)23-31-33-35(32-23)18-12-25(26,27)13-18)30-24(36)20(14-28)22-10-17(3-4-29-22)34-5-7-37-8-6-34/h3-4,9-11,14,18H,5-8,12-13,28H2,1-2H3,(H,30,36)/b20-14+. The molecule has 1 aliphatic carbocycles. The molecule has 0 atom stereocenters. The van der Waals surface area contributed by atoms with Gasteiger partial charge in [0.05, 0.1) is 30.5 Å². The lowest BCUT2D eigenvalue weighted by atomic mass is 9.89. The Hall–Kier alpha value is -3.93. The molecule has 2 aromatic heterocycles. The van der Waals surface area contributed by atoms with E-state index in [4.69, 9.17) is 10.5 Å². The van der Waals surface area contributed by atoms with E-state index >= 15 is 0 Å². The van der Waals surface area contributed by atoms with Crippen molar-refractivity contribution in [3.8, 4) is 11.4 Å². The Balaban J connectivity index is 1.36. The Kier molecular flexibility index (Phi) is 6.59. The summed E-state index contributed by atoms with van der Waals surface area (Å²) in [6.07, 6.45) is 2.30. The number of tetrazole rings is 1. The fourth-order valence-corrected chi connectivity index (χ4v) is 4.56. The molecule has 1 aromatic carbocycles. The van der Waals surface area contributed by atoms with Gasteiger partial charge < -0.3 is 20.7 Å². The number of halogens is 2. The first-order chi connectivity index (χ1) is 17.7. The van der Waals surface area contributed by atoms with Crippen molar-refractivity contribution < 1.29 is 18.3 Å². The van der Waals surface area contributed by atoms with E-state index in [1.54, 1.807) is 12.3 Å². The van der Waals surface area contributed by atoms with Crippen molar-refractivity contribution >= 4 is 22.9 Å². The number of carbonyl (C=O) groups is 1. The molecule has 1 amide bonds. The van der Waals surface area contributed by atoms with Crippen molar-refractivity contribution in [2.24, 2.45) is 5.73 Å². The number of hydrogen-bond donors (Lipinski definition) is 2. The zero-order chi connectivity index (χ0) is 26.2. The molecule has 1 saturated heterocycles. The third kappa shape index (κ3) is 5.15. The summed E-state index contributed by atoms with van der Waals surface area (Å²) in [6, 6.07) is 6.90. The molecule has 2 aliphatic rings. The van der Waals surface area contributed by atoms with Crippen LogP contribution in [0.4, 0.5) is 20.2 Å². The summed E-state index contributed by atoms with van der Waals surface area (Å²) in [7, 11) is 0. The van der Waals surface area contributed by atoms with Gasteiger partial charge in [0.2, 0.25) is 5.82 Å². The second-order valence-corrected chi connectivity index (χ2v) is 9.37. The Morgan fingerprint density at radius 3 is 2.65 bits per heavy atom. The summed E-state index contributed by atoms with van der Waals surface area (Å²) in [6.45, 7) is 6.55. The summed E-state index contributed by atoms with van der Waals surface area (Å²) in [5.41, 5.74) is 10.4. The molecule has 0 unspecified atom stereocenters. The van der Waals surface area contributed by atoms with Gasteiger partial charge in [-0.1, -0.05) is 6.07 Å². The predicted octanol–water partition coefficient (Wildman–Crippen LogP) is 3.10. The molecular formula is C25H28F2N8O2. The molecule has 1 aliphatic heterocycles. The van der Waals surface area contributed by atoms with E-state index in [-0.39, 0.29) is 18.4 Å². The Morgan fingerprint density at radius 2 is 1.95 bits per heavy atom. The summed E-state index contributed by atoms with van der Waals surface area (Å²) in [4.78, 5) is 21.0. The van der Waals surface area contributed by atoms with Crippen molar-refractivity contribution in [2.75, 3.05) is 36.5 Å². The zero-order valence-corrected chi connectivity index (χ0v) is 20.6. The Bertz CT molecular complexity index is 1340. The van der Waals surface area contributed by atoms with E-state index in [0.717, 1.165) is 29.9 Å². The Morgan fingerprint density at radius 1 is 1.19 bits per heavy atom. The highest BCUT2D eigenvalue weighted by Gasteiger charge is 2.47. The van der Waals surface area contributed by atoms with Gasteiger partial charge in [-0.2, -0.15) is 4.80 Å². The lowest BCUT2D eigenvalue weighted by molar-refractivity contribution is -0.111. The highest BCUT2D eigenvalue weighted by Crippen LogP contribution is 2.44. The number of benzene rings is 1. The molecule has 2 fully saturated rings. The van der Waals surface area contributed by atoms with Crippen LogP contribution in [0.1, 0.15) is 35.7 Å². The zero-order valence-electron chi connectivity index (χ0n) is 20.6. The van der Waals surface area contributed by atoms with Crippen LogP contribution >= 0.6 is 0 Å². The maximum Gasteiger partial charge on any atom is 0.259 e. The number of hydrogen-bond acceptors (Lipinski definition) is 8. The topological polar surface area (TPSA) is 124 Å². The second-order valence-electron chi connectivity index (χ2n) is 9.37. The summed E-state index contributed by atoms with van der Waals surface area (Å²) in [5, 5.41) is 15.3. The van der Waals surface area contributed by atoms with Crippen LogP contribution < -0.4 is 16.0 Å². The van der Waals surface area contributed by atoms with E-state index in [0.29, 0.717) is 36.0 Å². The van der Waals surface area contributed by atoms with Crippen LogP contribution in [-0.4, -0.2) is 63.3 Å². The summed E-state index contributed by atoms with van der Waals surface area (Å²) >= 11 is 0. The average molecular weight is 511 g/mol. The number of ether oxygens (including phenoxy) is 1.